The lowest BCUT2D eigenvalue weighted by Crippen LogP contribution is -2.24. The topological polar surface area (TPSA) is 67.4 Å². The lowest BCUT2D eigenvalue weighted by atomic mass is 10.1. The number of hydrogen-bond acceptors (Lipinski definition) is 3. The highest BCUT2D eigenvalue weighted by Crippen LogP contribution is 2.27. The Morgan fingerprint density at radius 3 is 2.34 bits per heavy atom. The van der Waals surface area contributed by atoms with Gasteiger partial charge in [0.2, 0.25) is 0 Å². The maximum atomic E-state index is 12.5. The second kappa shape index (κ2) is 11.6. The van der Waals surface area contributed by atoms with Gasteiger partial charge in [0, 0.05) is 23.4 Å². The van der Waals surface area contributed by atoms with Gasteiger partial charge in [0.25, 0.3) is 11.8 Å². The molecule has 0 aliphatic carbocycles. The minimum absolute atomic E-state index is 0.103. The van der Waals surface area contributed by atoms with E-state index >= 15 is 0 Å². The van der Waals surface area contributed by atoms with Gasteiger partial charge in [0.1, 0.15) is 5.75 Å². The van der Waals surface area contributed by atoms with Crippen molar-refractivity contribution in [3.05, 3.63) is 58.1 Å². The zero-order valence-electron chi connectivity index (χ0n) is 17.3. The lowest BCUT2D eigenvalue weighted by molar-refractivity contribution is 0.0952. The summed E-state index contributed by atoms with van der Waals surface area (Å²) in [5.41, 5.74) is 1.73. The van der Waals surface area contributed by atoms with Crippen molar-refractivity contribution in [2.45, 2.75) is 40.0 Å². The monoisotopic (exact) mass is 460 g/mol. The third-order valence-corrected chi connectivity index (χ3v) is 4.99. The Kier molecular flexibility index (Phi) is 9.19. The first-order chi connectivity index (χ1) is 13.9. The summed E-state index contributed by atoms with van der Waals surface area (Å²) in [5, 5.41) is 5.72. The predicted molar refractivity (Wildman–Crippen MR) is 121 cm³/mol. The molecule has 5 nitrogen and oxygen atoms in total. The van der Waals surface area contributed by atoms with E-state index in [0.717, 1.165) is 29.5 Å². The molecule has 6 heteroatoms. The van der Waals surface area contributed by atoms with Crippen LogP contribution in [0.1, 0.15) is 60.7 Å². The predicted octanol–water partition coefficient (Wildman–Crippen LogP) is 5.66. The van der Waals surface area contributed by atoms with Gasteiger partial charge in [-0.1, -0.05) is 27.2 Å². The summed E-state index contributed by atoms with van der Waals surface area (Å²) >= 11 is 3.47. The van der Waals surface area contributed by atoms with Crippen LogP contribution < -0.4 is 15.4 Å². The molecule has 2 rings (SSSR count). The number of halogens is 1. The van der Waals surface area contributed by atoms with Crippen LogP contribution in [0.2, 0.25) is 0 Å². The number of nitrogens with one attached hydrogen (secondary N) is 2. The summed E-state index contributed by atoms with van der Waals surface area (Å²) in [6.45, 7) is 7.68. The average Bonchev–Trinajstić information content (AvgIpc) is 2.69. The van der Waals surface area contributed by atoms with Crippen molar-refractivity contribution in [1.29, 1.82) is 0 Å². The molecule has 0 heterocycles. The highest BCUT2D eigenvalue weighted by molar-refractivity contribution is 9.10. The van der Waals surface area contributed by atoms with Gasteiger partial charge in [-0.15, -0.1) is 0 Å². The van der Waals surface area contributed by atoms with E-state index in [-0.39, 0.29) is 11.8 Å². The molecule has 0 radical (unpaired) electrons. The molecule has 0 saturated carbocycles. The molecule has 0 aliphatic rings. The van der Waals surface area contributed by atoms with Crippen molar-refractivity contribution in [2.75, 3.05) is 18.5 Å². The number of anilines is 1. The van der Waals surface area contributed by atoms with Crippen molar-refractivity contribution >= 4 is 33.4 Å². The van der Waals surface area contributed by atoms with E-state index in [9.17, 15) is 9.59 Å². The van der Waals surface area contributed by atoms with Gasteiger partial charge in [-0.3, -0.25) is 9.59 Å². The molecule has 0 bridgehead atoms. The van der Waals surface area contributed by atoms with E-state index in [1.54, 1.807) is 42.5 Å². The SMILES string of the molecule is CCCCNC(=O)c1ccc(NC(=O)c2ccc(OCCC(C)C)c(Br)c2)cc1. The molecule has 2 amide bonds. The number of ether oxygens (including phenoxy) is 1. The highest BCUT2D eigenvalue weighted by atomic mass is 79.9. The van der Waals surface area contributed by atoms with Gasteiger partial charge in [0.15, 0.2) is 0 Å². The number of amides is 2. The fourth-order valence-corrected chi connectivity index (χ4v) is 3.05. The molecule has 2 aromatic rings. The maximum Gasteiger partial charge on any atom is 0.255 e. The standard InChI is InChI=1S/C23H29BrN2O3/c1-4-5-13-25-22(27)17-6-9-19(10-7-17)26-23(28)18-8-11-21(20(24)15-18)29-14-12-16(2)3/h6-11,15-16H,4-5,12-14H2,1-3H3,(H,25,27)(H,26,28). The van der Waals surface area contributed by atoms with Crippen LogP contribution in [-0.2, 0) is 0 Å². The van der Waals surface area contributed by atoms with E-state index in [1.165, 1.54) is 0 Å². The van der Waals surface area contributed by atoms with Gasteiger partial charge in [-0.25, -0.2) is 0 Å². The van der Waals surface area contributed by atoms with E-state index in [1.807, 2.05) is 0 Å². The van der Waals surface area contributed by atoms with Crippen molar-refractivity contribution in [2.24, 2.45) is 5.92 Å². The minimum atomic E-state index is -0.223. The molecule has 29 heavy (non-hydrogen) atoms. The molecule has 0 saturated heterocycles. The zero-order chi connectivity index (χ0) is 21.2. The molecule has 0 aromatic heterocycles. The number of unbranched alkanes of at least 4 members (excludes halogenated alkanes) is 1. The molecule has 0 aliphatic heterocycles. The maximum absolute atomic E-state index is 12.5. The van der Waals surface area contributed by atoms with E-state index in [0.29, 0.717) is 35.9 Å². The summed E-state index contributed by atoms with van der Waals surface area (Å²) in [6, 6.07) is 12.1. The molecule has 0 atom stereocenters. The first kappa shape index (κ1) is 22.9. The third-order valence-electron chi connectivity index (χ3n) is 4.37. The van der Waals surface area contributed by atoms with Crippen molar-refractivity contribution in [3.63, 3.8) is 0 Å². The molecule has 0 spiro atoms. The van der Waals surface area contributed by atoms with E-state index in [4.69, 9.17) is 4.74 Å². The first-order valence-corrected chi connectivity index (χ1v) is 10.8. The third kappa shape index (κ3) is 7.54. The Balaban J connectivity index is 1.94. The zero-order valence-corrected chi connectivity index (χ0v) is 18.8. The van der Waals surface area contributed by atoms with Gasteiger partial charge < -0.3 is 15.4 Å². The highest BCUT2D eigenvalue weighted by Gasteiger charge is 2.11. The van der Waals surface area contributed by atoms with Crippen molar-refractivity contribution < 1.29 is 14.3 Å². The quantitative estimate of drug-likeness (QED) is 0.449. The molecule has 156 valence electrons. The van der Waals surface area contributed by atoms with Gasteiger partial charge in [-0.05, 0) is 77.2 Å². The molecular weight excluding hydrogens is 432 g/mol. The number of carbonyl (C=O) groups excluding carboxylic acids is 2. The van der Waals surface area contributed by atoms with Gasteiger partial charge in [0.05, 0.1) is 11.1 Å². The fourth-order valence-electron chi connectivity index (χ4n) is 2.55. The van der Waals surface area contributed by atoms with Crippen molar-refractivity contribution in [3.8, 4) is 5.75 Å². The van der Waals surface area contributed by atoms with Crippen molar-refractivity contribution in [1.82, 2.24) is 5.32 Å². The smallest absolute Gasteiger partial charge is 0.255 e. The van der Waals surface area contributed by atoms with Crippen LogP contribution in [0.15, 0.2) is 46.9 Å². The van der Waals surface area contributed by atoms with Crippen LogP contribution in [-0.4, -0.2) is 25.0 Å². The number of hydrogen-bond donors (Lipinski definition) is 2. The number of carbonyl (C=O) groups is 2. The molecule has 2 aromatic carbocycles. The van der Waals surface area contributed by atoms with Crippen LogP contribution in [0.5, 0.6) is 5.75 Å². The Bertz CT molecular complexity index is 819. The summed E-state index contributed by atoms with van der Waals surface area (Å²) in [7, 11) is 0. The van der Waals surface area contributed by atoms with E-state index in [2.05, 4.69) is 47.3 Å². The molecule has 2 N–H and O–H groups in total. The Morgan fingerprint density at radius 2 is 1.72 bits per heavy atom. The average molecular weight is 461 g/mol. The normalized spacial score (nSPS) is 10.7. The van der Waals surface area contributed by atoms with Crippen LogP contribution in [0.25, 0.3) is 0 Å². The van der Waals surface area contributed by atoms with Gasteiger partial charge >= 0.3 is 0 Å². The second-order valence-corrected chi connectivity index (χ2v) is 8.17. The van der Waals surface area contributed by atoms with Crippen LogP contribution >= 0.6 is 15.9 Å². The fraction of sp³-hybridized carbons (Fsp3) is 0.391. The van der Waals surface area contributed by atoms with E-state index < -0.39 is 0 Å². The van der Waals surface area contributed by atoms with Crippen LogP contribution in [0.3, 0.4) is 0 Å². The Hall–Kier alpha value is -2.34. The van der Waals surface area contributed by atoms with Crippen LogP contribution in [0.4, 0.5) is 5.69 Å². The summed E-state index contributed by atoms with van der Waals surface area (Å²) in [6.07, 6.45) is 2.96. The van der Waals surface area contributed by atoms with Crippen LogP contribution in [0, 0.1) is 5.92 Å². The molecule has 0 unspecified atom stereocenters. The number of rotatable bonds is 10. The largest absolute Gasteiger partial charge is 0.492 e. The molecular formula is C23H29BrN2O3. The Labute approximate surface area is 181 Å². The summed E-state index contributed by atoms with van der Waals surface area (Å²) in [4.78, 5) is 24.6. The Morgan fingerprint density at radius 1 is 1.03 bits per heavy atom. The molecule has 0 fully saturated rings. The minimum Gasteiger partial charge on any atom is -0.492 e. The lowest BCUT2D eigenvalue weighted by Gasteiger charge is -2.11. The second-order valence-electron chi connectivity index (χ2n) is 7.32. The first-order valence-electron chi connectivity index (χ1n) is 10.0. The summed E-state index contributed by atoms with van der Waals surface area (Å²) in [5.74, 6) is 0.973. The number of benzene rings is 2. The summed E-state index contributed by atoms with van der Waals surface area (Å²) < 4.78 is 6.50. The van der Waals surface area contributed by atoms with Gasteiger partial charge in [-0.2, -0.15) is 0 Å².